The van der Waals surface area contributed by atoms with Crippen LogP contribution in [0.4, 0.5) is 0 Å². The molecule has 0 fully saturated rings. The van der Waals surface area contributed by atoms with Crippen LogP contribution in [-0.2, 0) is 19.2 Å². The number of hydrogen-bond acceptors (Lipinski definition) is 8. The van der Waals surface area contributed by atoms with Crippen LogP contribution in [0.1, 0.15) is 30.3 Å². The molecular formula is C18H30N2O8S2. The van der Waals surface area contributed by atoms with Gasteiger partial charge in [0.05, 0.1) is 25.0 Å². The van der Waals surface area contributed by atoms with Gasteiger partial charge in [-0.1, -0.05) is 12.1 Å². The molecule has 0 saturated heterocycles. The number of carbonyl (C=O) groups excluding carboxylic acids is 2. The van der Waals surface area contributed by atoms with Crippen LogP contribution < -0.4 is 10.6 Å². The number of aliphatic hydroxyl groups is 2. The molecule has 30 heavy (non-hydrogen) atoms. The van der Waals surface area contributed by atoms with Crippen molar-refractivity contribution in [3.8, 4) is 0 Å². The summed E-state index contributed by atoms with van der Waals surface area (Å²) in [7, 11) is 0. The Labute approximate surface area is 201 Å². The summed E-state index contributed by atoms with van der Waals surface area (Å²) in [5.41, 5.74) is -2.86. The van der Waals surface area contributed by atoms with E-state index >= 15 is 0 Å². The highest BCUT2D eigenvalue weighted by molar-refractivity contribution is 8.00. The van der Waals surface area contributed by atoms with E-state index in [2.05, 4.69) is 10.6 Å². The zero-order valence-corrected chi connectivity index (χ0v) is 17.4. The topological polar surface area (TPSA) is 173 Å². The van der Waals surface area contributed by atoms with Crippen molar-refractivity contribution in [3.63, 3.8) is 0 Å². The number of carboxylic acids is 2. The third-order valence-electron chi connectivity index (χ3n) is 2.50. The Bertz CT molecular complexity index is 1070. The van der Waals surface area contributed by atoms with Crippen LogP contribution in [0.15, 0.2) is 25.2 Å². The zero-order valence-electron chi connectivity index (χ0n) is 27.8. The number of amides is 2. The van der Waals surface area contributed by atoms with E-state index in [1.807, 2.05) is 0 Å². The van der Waals surface area contributed by atoms with Gasteiger partial charge in [0.25, 0.3) is 0 Å². The molecule has 0 spiro atoms. The second-order valence-corrected chi connectivity index (χ2v) is 6.80. The fourth-order valence-electron chi connectivity index (χ4n) is 1.32. The highest BCUT2D eigenvalue weighted by atomic mass is 32.2. The Hall–Kier alpha value is -2.02. The summed E-state index contributed by atoms with van der Waals surface area (Å²) in [5, 5.41) is 38.1. The standard InChI is InChI=1S/2C9H15NO4S/c1-3-7(12)4-15-5-8(9(13)14)10-6(2)11;1-3-7(4-11)15-5-8(9(13)14)10-6(2)12/h3,7-8,12H,1,4-5H2,2H3,(H,10,11)(H,13,14);3,7-8,11H,1,4-5H2,2H3,(H,10,12)(H,13,14)/t2*7?,8-/m00/s1/i2*1D2,3D,4D2,7D. The summed E-state index contributed by atoms with van der Waals surface area (Å²) < 4.78 is 86.8. The van der Waals surface area contributed by atoms with Crippen LogP contribution >= 0.6 is 23.5 Å². The van der Waals surface area contributed by atoms with Gasteiger partial charge in [0.15, 0.2) is 0 Å². The van der Waals surface area contributed by atoms with E-state index in [4.69, 9.17) is 26.7 Å². The maximum Gasteiger partial charge on any atom is 0.327 e. The lowest BCUT2D eigenvalue weighted by Crippen LogP contribution is -2.41. The van der Waals surface area contributed by atoms with Crippen molar-refractivity contribution in [2.24, 2.45) is 0 Å². The van der Waals surface area contributed by atoms with Gasteiger partial charge in [-0.25, -0.2) is 9.59 Å². The predicted molar refractivity (Wildman–Crippen MR) is 118 cm³/mol. The van der Waals surface area contributed by atoms with Crippen LogP contribution in [-0.4, -0.2) is 91.3 Å². The monoisotopic (exact) mass is 478 g/mol. The van der Waals surface area contributed by atoms with E-state index in [9.17, 15) is 29.4 Å². The minimum atomic E-state index is -3.29. The summed E-state index contributed by atoms with van der Waals surface area (Å²) in [6.45, 7) is -3.55. The van der Waals surface area contributed by atoms with Gasteiger partial charge < -0.3 is 31.1 Å². The number of thioether (sulfide) groups is 2. The minimum Gasteiger partial charge on any atom is -0.480 e. The van der Waals surface area contributed by atoms with Crippen LogP contribution in [0.5, 0.6) is 0 Å². The molecule has 0 aromatic rings. The van der Waals surface area contributed by atoms with Crippen molar-refractivity contribution in [2.75, 3.05) is 23.8 Å². The predicted octanol–water partition coefficient (Wildman–Crippen LogP) is -0.288. The molecule has 2 unspecified atom stereocenters. The Kier molecular flexibility index (Phi) is 8.38. The van der Waals surface area contributed by atoms with Crippen LogP contribution in [0.3, 0.4) is 0 Å². The summed E-state index contributed by atoms with van der Waals surface area (Å²) in [6.07, 6.45) is -3.20. The van der Waals surface area contributed by atoms with Crippen molar-refractivity contribution in [2.45, 2.75) is 37.2 Å². The number of rotatable bonds is 14. The minimum absolute atomic E-state index is 0.189. The smallest absolute Gasteiger partial charge is 0.327 e. The van der Waals surface area contributed by atoms with Gasteiger partial charge in [-0.2, -0.15) is 11.8 Å². The second-order valence-electron chi connectivity index (χ2n) is 4.95. The van der Waals surface area contributed by atoms with Crippen molar-refractivity contribution < 1.29 is 56.1 Å². The molecule has 0 aromatic heterocycles. The van der Waals surface area contributed by atoms with Gasteiger partial charge in [-0.15, -0.1) is 24.8 Å². The molecule has 0 aromatic carbocycles. The van der Waals surface area contributed by atoms with E-state index < -0.39 is 96.1 Å². The first-order chi connectivity index (χ1) is 18.7. The number of aliphatic carboxylic acids is 2. The van der Waals surface area contributed by atoms with Gasteiger partial charge in [-0.3, -0.25) is 9.59 Å². The number of carboxylic acid groups (broad SMARTS) is 2. The average molecular weight is 479 g/mol. The summed E-state index contributed by atoms with van der Waals surface area (Å²) in [5.74, 6) is -5.22. The lowest BCUT2D eigenvalue weighted by Gasteiger charge is -2.15. The fourth-order valence-corrected chi connectivity index (χ4v) is 2.68. The Morgan fingerprint density at radius 2 is 1.60 bits per heavy atom. The highest BCUT2D eigenvalue weighted by Crippen LogP contribution is 2.12. The Morgan fingerprint density at radius 1 is 1.10 bits per heavy atom. The zero-order chi connectivity index (χ0) is 34.0. The SMILES string of the molecule is [2H]C([2H])=C([2H])C([2H])(O)C([2H])([2H])SC[C@H](NC(C)=O)C(=O)O.[2H]C([2H])=C([2H])C([2H])(SC[C@H](NC(C)=O)C(=O)O)C([2H])([2H])O. The van der Waals surface area contributed by atoms with Crippen LogP contribution in [0.25, 0.3) is 0 Å². The average Bonchev–Trinajstić information content (AvgIpc) is 2.81. The van der Waals surface area contributed by atoms with Crippen LogP contribution in [0.2, 0.25) is 0 Å². The molecule has 4 atom stereocenters. The summed E-state index contributed by atoms with van der Waals surface area (Å²) in [4.78, 5) is 43.5. The van der Waals surface area contributed by atoms with E-state index in [1.54, 1.807) is 0 Å². The molecule has 0 radical (unpaired) electrons. The van der Waals surface area contributed by atoms with E-state index in [0.717, 1.165) is 13.8 Å². The third kappa shape index (κ3) is 16.9. The van der Waals surface area contributed by atoms with Crippen molar-refractivity contribution in [1.82, 2.24) is 10.6 Å². The molecule has 2 amide bonds. The molecule has 0 aliphatic rings. The van der Waals surface area contributed by atoms with Crippen molar-refractivity contribution in [1.29, 1.82) is 0 Å². The Balaban J connectivity index is 0. The molecule has 0 saturated carbocycles. The number of hydrogen-bond donors (Lipinski definition) is 6. The highest BCUT2D eigenvalue weighted by Gasteiger charge is 2.20. The first-order valence-corrected chi connectivity index (χ1v) is 9.64. The quantitative estimate of drug-likeness (QED) is 0.182. The van der Waals surface area contributed by atoms with Crippen molar-refractivity contribution in [3.05, 3.63) is 25.2 Å². The van der Waals surface area contributed by atoms with E-state index in [-0.39, 0.29) is 23.5 Å². The lowest BCUT2D eigenvalue weighted by molar-refractivity contribution is -0.141. The molecule has 6 N–H and O–H groups in total. The van der Waals surface area contributed by atoms with Gasteiger partial charge in [0, 0.05) is 40.4 Å². The molecule has 0 heterocycles. The van der Waals surface area contributed by atoms with E-state index in [1.165, 1.54) is 0 Å². The molecule has 12 heteroatoms. The van der Waals surface area contributed by atoms with Gasteiger partial charge in [0.2, 0.25) is 11.8 Å². The Morgan fingerprint density at radius 3 is 2.00 bits per heavy atom. The first-order valence-electron chi connectivity index (χ1n) is 13.7. The molecule has 10 nitrogen and oxygen atoms in total. The first kappa shape index (κ1) is 14.1. The van der Waals surface area contributed by atoms with Gasteiger partial charge >= 0.3 is 11.9 Å². The molecule has 0 bridgehead atoms. The molecule has 172 valence electrons. The lowest BCUT2D eigenvalue weighted by atomic mass is 10.3. The van der Waals surface area contributed by atoms with Gasteiger partial charge in [-0.05, 0) is 0 Å². The second kappa shape index (κ2) is 17.8. The summed E-state index contributed by atoms with van der Waals surface area (Å²) >= 11 is 0.396. The largest absolute Gasteiger partial charge is 0.480 e. The normalized spacial score (nSPS) is 22.5. The maximum atomic E-state index is 10.9. The van der Waals surface area contributed by atoms with Crippen LogP contribution in [0, 0.1) is 0 Å². The summed E-state index contributed by atoms with van der Waals surface area (Å²) in [6, 6.07) is -5.28. The third-order valence-corrected chi connectivity index (χ3v) is 4.32. The van der Waals surface area contributed by atoms with Crippen molar-refractivity contribution >= 4 is 47.3 Å². The molecule has 0 aliphatic heterocycles. The maximum absolute atomic E-state index is 10.9. The van der Waals surface area contributed by atoms with E-state index in [0.29, 0.717) is 0 Å². The molecule has 0 rings (SSSR count). The fraction of sp³-hybridized carbons (Fsp3) is 0.556. The van der Waals surface area contributed by atoms with Gasteiger partial charge in [0.1, 0.15) is 12.1 Å². The molecular weight excluding hydrogens is 436 g/mol. The number of carbonyl (C=O) groups is 4. The molecule has 0 aliphatic carbocycles. The number of nitrogens with one attached hydrogen (secondary N) is 2.